The maximum atomic E-state index is 14.0. The zero-order chi connectivity index (χ0) is 30.8. The minimum absolute atomic E-state index is 0.0246. The summed E-state index contributed by atoms with van der Waals surface area (Å²) in [4.78, 5) is 29.0. The van der Waals surface area contributed by atoms with Crippen LogP contribution in [-0.4, -0.2) is 27.0 Å². The van der Waals surface area contributed by atoms with Crippen molar-refractivity contribution in [1.82, 2.24) is 10.2 Å². The fraction of sp³-hybridized carbons (Fsp3) is 0.0857. The van der Waals surface area contributed by atoms with E-state index in [-0.39, 0.29) is 16.5 Å². The van der Waals surface area contributed by atoms with Gasteiger partial charge in [-0.15, -0.1) is 10.2 Å². The molecule has 0 saturated heterocycles. The first-order chi connectivity index (χ1) is 22.0. The molecule has 0 fully saturated rings. The van der Waals surface area contributed by atoms with Crippen molar-refractivity contribution in [3.8, 4) is 5.75 Å². The fourth-order valence-electron chi connectivity index (χ4n) is 5.14. The second-order valence-corrected chi connectivity index (χ2v) is 12.5. The summed E-state index contributed by atoms with van der Waals surface area (Å²) in [5, 5.41) is 20.8. The summed E-state index contributed by atoms with van der Waals surface area (Å²) < 4.78 is 12.5. The fourth-order valence-corrected chi connectivity index (χ4v) is 6.96. The lowest BCUT2D eigenvalue weighted by Crippen LogP contribution is -2.31. The quantitative estimate of drug-likeness (QED) is 0.0923. The van der Waals surface area contributed by atoms with Crippen molar-refractivity contribution in [2.24, 2.45) is 0 Å². The molecule has 10 heteroatoms. The third kappa shape index (κ3) is 5.85. The van der Waals surface area contributed by atoms with Crippen LogP contribution in [0.2, 0.25) is 0 Å². The van der Waals surface area contributed by atoms with Crippen LogP contribution in [0, 0.1) is 0 Å². The van der Waals surface area contributed by atoms with Crippen LogP contribution in [0.25, 0.3) is 11.0 Å². The molecule has 0 radical (unpaired) electrons. The van der Waals surface area contributed by atoms with E-state index in [0.717, 1.165) is 16.5 Å². The number of benzene rings is 4. The monoisotopic (exact) mass is 631 g/mol. The highest BCUT2D eigenvalue weighted by molar-refractivity contribution is 8.00. The lowest BCUT2D eigenvalue weighted by atomic mass is 9.95. The standard InChI is InChI=1S/C35H25N3O5S2/c39-31(28-19-25-13-7-8-14-27(25)43-28)29-30(24-15-17-26(18-16-24)42-20-22-9-3-1-4-10-22)38(33(41)32(29)40)34-36-37-35(45-34)44-21-23-11-5-2-6-12-23/h1-19,30,40H,20-21H2. The number of Topliss-reactive ketones (excluding diaryl/α,β-unsaturated/α-hetero) is 1. The van der Waals surface area contributed by atoms with E-state index in [2.05, 4.69) is 10.2 Å². The minimum Gasteiger partial charge on any atom is -0.503 e. The predicted molar refractivity (Wildman–Crippen MR) is 174 cm³/mol. The Bertz CT molecular complexity index is 1990. The molecule has 0 saturated carbocycles. The van der Waals surface area contributed by atoms with Gasteiger partial charge in [-0.2, -0.15) is 0 Å². The Balaban J connectivity index is 1.21. The van der Waals surface area contributed by atoms with Crippen molar-refractivity contribution in [2.75, 3.05) is 4.90 Å². The van der Waals surface area contributed by atoms with E-state index in [1.54, 1.807) is 36.4 Å². The van der Waals surface area contributed by atoms with Gasteiger partial charge in [-0.05, 0) is 41.0 Å². The first-order valence-electron chi connectivity index (χ1n) is 14.1. The molecular weight excluding hydrogens is 607 g/mol. The Hall–Kier alpha value is -5.19. The number of hydrogen-bond donors (Lipinski definition) is 1. The van der Waals surface area contributed by atoms with Gasteiger partial charge >= 0.3 is 0 Å². The number of carbonyl (C=O) groups excluding carboxylic acids is 2. The van der Waals surface area contributed by atoms with Crippen LogP contribution in [0.1, 0.15) is 33.3 Å². The molecule has 1 aliphatic heterocycles. The van der Waals surface area contributed by atoms with E-state index < -0.39 is 23.5 Å². The summed E-state index contributed by atoms with van der Waals surface area (Å²) in [5.74, 6) is -0.652. The number of fused-ring (bicyclic) bond motifs is 1. The molecular formula is C35H25N3O5S2. The van der Waals surface area contributed by atoms with Crippen LogP contribution in [0.3, 0.4) is 0 Å². The molecule has 8 nitrogen and oxygen atoms in total. The van der Waals surface area contributed by atoms with E-state index in [1.807, 2.05) is 78.9 Å². The van der Waals surface area contributed by atoms with Crippen LogP contribution in [-0.2, 0) is 17.2 Å². The second-order valence-electron chi connectivity index (χ2n) is 10.3. The molecule has 0 spiro atoms. The Morgan fingerprint density at radius 1 is 0.889 bits per heavy atom. The molecule has 2 aromatic heterocycles. The zero-order valence-corrected chi connectivity index (χ0v) is 25.3. The summed E-state index contributed by atoms with van der Waals surface area (Å²) in [7, 11) is 0. The average Bonchev–Trinajstić information content (AvgIpc) is 3.80. The SMILES string of the molecule is O=C(C1=C(O)C(=O)N(c2nnc(SCc3ccccc3)s2)C1c1ccc(OCc2ccccc2)cc1)c1cc2ccccc2o1. The number of ether oxygens (including phenoxy) is 1. The van der Waals surface area contributed by atoms with Gasteiger partial charge in [-0.1, -0.05) is 114 Å². The molecule has 3 heterocycles. The second kappa shape index (κ2) is 12.4. The Morgan fingerprint density at radius 2 is 1.58 bits per heavy atom. The van der Waals surface area contributed by atoms with Crippen LogP contribution >= 0.6 is 23.1 Å². The molecule has 6 aromatic rings. The molecule has 1 aliphatic rings. The van der Waals surface area contributed by atoms with Crippen molar-refractivity contribution < 1.29 is 23.8 Å². The highest BCUT2D eigenvalue weighted by atomic mass is 32.2. The van der Waals surface area contributed by atoms with Gasteiger partial charge in [-0.3, -0.25) is 14.5 Å². The molecule has 0 aliphatic carbocycles. The number of thioether (sulfide) groups is 1. The minimum atomic E-state index is -0.971. The Morgan fingerprint density at radius 3 is 2.31 bits per heavy atom. The van der Waals surface area contributed by atoms with Crippen molar-refractivity contribution in [1.29, 1.82) is 0 Å². The number of aliphatic hydroxyl groups excluding tert-OH is 1. The zero-order valence-electron chi connectivity index (χ0n) is 23.7. The van der Waals surface area contributed by atoms with Crippen LogP contribution < -0.4 is 9.64 Å². The van der Waals surface area contributed by atoms with Crippen LogP contribution in [0.5, 0.6) is 5.75 Å². The number of nitrogens with zero attached hydrogens (tertiary/aromatic N) is 3. The molecule has 1 atom stereocenters. The molecule has 1 N–H and O–H groups in total. The van der Waals surface area contributed by atoms with Crippen molar-refractivity contribution in [3.05, 3.63) is 149 Å². The van der Waals surface area contributed by atoms with E-state index >= 15 is 0 Å². The maximum Gasteiger partial charge on any atom is 0.296 e. The van der Waals surface area contributed by atoms with Gasteiger partial charge in [0.1, 0.15) is 17.9 Å². The average molecular weight is 632 g/mol. The molecule has 222 valence electrons. The van der Waals surface area contributed by atoms with Crippen molar-refractivity contribution >= 4 is 50.9 Å². The largest absolute Gasteiger partial charge is 0.503 e. The highest BCUT2D eigenvalue weighted by Gasteiger charge is 2.46. The normalized spacial score (nSPS) is 14.8. The van der Waals surface area contributed by atoms with Crippen LogP contribution in [0.15, 0.2) is 135 Å². The van der Waals surface area contributed by atoms with Gasteiger partial charge < -0.3 is 14.3 Å². The summed E-state index contributed by atoms with van der Waals surface area (Å²) >= 11 is 2.72. The Labute approximate surface area is 266 Å². The number of ketones is 1. The third-order valence-corrected chi connectivity index (χ3v) is 9.48. The summed E-state index contributed by atoms with van der Waals surface area (Å²) in [6.07, 6.45) is 0. The lowest BCUT2D eigenvalue weighted by Gasteiger charge is -2.24. The first kappa shape index (κ1) is 28.6. The smallest absolute Gasteiger partial charge is 0.296 e. The number of para-hydroxylation sites is 1. The van der Waals surface area contributed by atoms with Crippen LogP contribution in [0.4, 0.5) is 5.13 Å². The number of amides is 1. The van der Waals surface area contributed by atoms with Gasteiger partial charge in [-0.25, -0.2) is 0 Å². The number of aromatic nitrogens is 2. The molecule has 1 unspecified atom stereocenters. The molecule has 4 aromatic carbocycles. The van der Waals surface area contributed by atoms with Gasteiger partial charge in [0.2, 0.25) is 10.9 Å². The lowest BCUT2D eigenvalue weighted by molar-refractivity contribution is -0.117. The molecule has 0 bridgehead atoms. The van der Waals surface area contributed by atoms with E-state index in [0.29, 0.717) is 33.6 Å². The van der Waals surface area contributed by atoms with Gasteiger partial charge in [0.05, 0.1) is 11.6 Å². The van der Waals surface area contributed by atoms with Crippen molar-refractivity contribution in [2.45, 2.75) is 22.7 Å². The topological polar surface area (TPSA) is 106 Å². The highest BCUT2D eigenvalue weighted by Crippen LogP contribution is 2.44. The summed E-state index contributed by atoms with van der Waals surface area (Å²) in [6.45, 7) is 0.388. The number of carbonyl (C=O) groups is 2. The van der Waals surface area contributed by atoms with Crippen molar-refractivity contribution in [3.63, 3.8) is 0 Å². The molecule has 7 rings (SSSR count). The van der Waals surface area contributed by atoms with E-state index in [9.17, 15) is 14.7 Å². The summed E-state index contributed by atoms with van der Waals surface area (Å²) in [6, 6.07) is 34.8. The maximum absolute atomic E-state index is 14.0. The number of hydrogen-bond acceptors (Lipinski definition) is 9. The van der Waals surface area contributed by atoms with E-state index in [4.69, 9.17) is 9.15 Å². The van der Waals surface area contributed by atoms with Gasteiger partial charge in [0.15, 0.2) is 15.9 Å². The van der Waals surface area contributed by atoms with E-state index in [1.165, 1.54) is 28.0 Å². The third-order valence-electron chi connectivity index (χ3n) is 7.35. The molecule has 45 heavy (non-hydrogen) atoms. The van der Waals surface area contributed by atoms with Gasteiger partial charge in [0, 0.05) is 11.1 Å². The summed E-state index contributed by atoms with van der Waals surface area (Å²) in [5.41, 5.74) is 3.18. The predicted octanol–water partition coefficient (Wildman–Crippen LogP) is 7.94. The number of aliphatic hydroxyl groups is 1. The Kier molecular flexibility index (Phi) is 7.89. The number of furan rings is 1. The molecule has 1 amide bonds. The van der Waals surface area contributed by atoms with Gasteiger partial charge in [0.25, 0.3) is 5.91 Å². The first-order valence-corrected chi connectivity index (χ1v) is 15.9. The number of anilines is 1. The number of rotatable bonds is 10.